The Hall–Kier alpha value is -1.06. The number of nitrogens with zero attached hydrogens (tertiary/aromatic N) is 1. The molecule has 16 heavy (non-hydrogen) atoms. The molecular formula is C12H21NO3. The van der Waals surface area contributed by atoms with E-state index in [2.05, 4.69) is 0 Å². The van der Waals surface area contributed by atoms with Gasteiger partial charge in [0.2, 0.25) is 5.91 Å². The van der Waals surface area contributed by atoms with E-state index in [0.29, 0.717) is 6.54 Å². The monoisotopic (exact) mass is 227 g/mol. The van der Waals surface area contributed by atoms with Gasteiger partial charge >= 0.3 is 5.97 Å². The molecule has 0 aromatic heterocycles. The summed E-state index contributed by atoms with van der Waals surface area (Å²) >= 11 is 0. The molecule has 1 heterocycles. The van der Waals surface area contributed by atoms with Gasteiger partial charge < -0.3 is 9.64 Å². The van der Waals surface area contributed by atoms with E-state index in [-0.39, 0.29) is 23.7 Å². The highest BCUT2D eigenvalue weighted by Crippen LogP contribution is 2.20. The van der Waals surface area contributed by atoms with E-state index in [1.54, 1.807) is 4.90 Å². The highest BCUT2D eigenvalue weighted by atomic mass is 16.5. The molecule has 1 aliphatic rings. The number of esters is 1. The first kappa shape index (κ1) is 13.0. The summed E-state index contributed by atoms with van der Waals surface area (Å²) in [4.78, 5) is 25.2. The first-order valence-corrected chi connectivity index (χ1v) is 5.96. The van der Waals surface area contributed by atoms with Crippen LogP contribution in [0.4, 0.5) is 0 Å². The fourth-order valence-electron chi connectivity index (χ4n) is 2.02. The van der Waals surface area contributed by atoms with Gasteiger partial charge in [0, 0.05) is 19.0 Å². The third-order valence-electron chi connectivity index (χ3n) is 3.30. The zero-order valence-electron chi connectivity index (χ0n) is 10.4. The van der Waals surface area contributed by atoms with Crippen LogP contribution in [-0.4, -0.2) is 37.0 Å². The van der Waals surface area contributed by atoms with Crippen LogP contribution in [0, 0.1) is 11.8 Å². The highest BCUT2D eigenvalue weighted by molar-refractivity contribution is 5.80. The van der Waals surface area contributed by atoms with Crippen molar-refractivity contribution in [2.75, 3.05) is 20.2 Å². The van der Waals surface area contributed by atoms with Gasteiger partial charge in [-0.2, -0.15) is 0 Å². The predicted octanol–water partition coefficient (Wildman–Crippen LogP) is 1.44. The smallest absolute Gasteiger partial charge is 0.310 e. The van der Waals surface area contributed by atoms with E-state index in [4.69, 9.17) is 4.74 Å². The van der Waals surface area contributed by atoms with Crippen molar-refractivity contribution in [3.63, 3.8) is 0 Å². The molecule has 1 rings (SSSR count). The molecule has 0 N–H and O–H groups in total. The van der Waals surface area contributed by atoms with Crippen molar-refractivity contribution in [2.24, 2.45) is 11.8 Å². The Bertz CT molecular complexity index is 265. The van der Waals surface area contributed by atoms with Crippen molar-refractivity contribution < 1.29 is 14.3 Å². The lowest BCUT2D eigenvalue weighted by atomic mass is 9.96. The summed E-state index contributed by atoms with van der Waals surface area (Å²) in [6.07, 6.45) is 2.57. The Morgan fingerprint density at radius 3 is 2.75 bits per heavy atom. The van der Waals surface area contributed by atoms with Gasteiger partial charge in [0.15, 0.2) is 0 Å². The van der Waals surface area contributed by atoms with Crippen molar-refractivity contribution >= 4 is 11.9 Å². The number of rotatable bonds is 3. The molecule has 0 saturated carbocycles. The molecule has 0 aromatic rings. The van der Waals surface area contributed by atoms with Crippen molar-refractivity contribution in [3.8, 4) is 0 Å². The maximum Gasteiger partial charge on any atom is 0.310 e. The van der Waals surface area contributed by atoms with Crippen LogP contribution < -0.4 is 0 Å². The third kappa shape index (κ3) is 2.97. The van der Waals surface area contributed by atoms with Crippen LogP contribution in [0.1, 0.15) is 33.1 Å². The molecule has 0 spiro atoms. The van der Waals surface area contributed by atoms with E-state index >= 15 is 0 Å². The third-order valence-corrected chi connectivity index (χ3v) is 3.30. The number of hydrogen-bond acceptors (Lipinski definition) is 3. The molecule has 0 radical (unpaired) electrons. The summed E-state index contributed by atoms with van der Waals surface area (Å²) in [6.45, 7) is 5.24. The Morgan fingerprint density at radius 2 is 2.19 bits per heavy atom. The van der Waals surface area contributed by atoms with E-state index in [1.807, 2.05) is 13.8 Å². The fourth-order valence-corrected chi connectivity index (χ4v) is 2.02. The van der Waals surface area contributed by atoms with Gasteiger partial charge in [-0.25, -0.2) is 0 Å². The maximum absolute atomic E-state index is 12.0. The first-order chi connectivity index (χ1) is 7.60. The number of likely N-dealkylation sites (tertiary alicyclic amines) is 1. The zero-order valence-corrected chi connectivity index (χ0v) is 10.4. The molecule has 2 atom stereocenters. The number of piperidine rings is 1. The number of hydrogen-bond donors (Lipinski definition) is 0. The average Bonchev–Trinajstić information content (AvgIpc) is 2.36. The van der Waals surface area contributed by atoms with Crippen LogP contribution in [0.3, 0.4) is 0 Å². The van der Waals surface area contributed by atoms with Gasteiger partial charge in [0.25, 0.3) is 0 Å². The summed E-state index contributed by atoms with van der Waals surface area (Å²) in [6, 6.07) is 0. The molecule has 1 fully saturated rings. The molecule has 92 valence electrons. The summed E-state index contributed by atoms with van der Waals surface area (Å²) in [5, 5.41) is 0. The molecule has 1 aliphatic heterocycles. The summed E-state index contributed by atoms with van der Waals surface area (Å²) < 4.78 is 4.73. The topological polar surface area (TPSA) is 46.6 Å². The van der Waals surface area contributed by atoms with Crippen LogP contribution in [0.5, 0.6) is 0 Å². The largest absolute Gasteiger partial charge is 0.469 e. The van der Waals surface area contributed by atoms with Crippen LogP contribution in [0.2, 0.25) is 0 Å². The molecular weight excluding hydrogens is 206 g/mol. The molecule has 2 unspecified atom stereocenters. The van der Waals surface area contributed by atoms with Gasteiger partial charge in [-0.05, 0) is 19.3 Å². The second-order valence-corrected chi connectivity index (χ2v) is 4.46. The number of methoxy groups -OCH3 is 1. The van der Waals surface area contributed by atoms with E-state index in [9.17, 15) is 9.59 Å². The Labute approximate surface area is 96.9 Å². The Balaban J connectivity index is 2.56. The summed E-state index contributed by atoms with van der Waals surface area (Å²) in [5.41, 5.74) is 0. The number of ether oxygens (including phenoxy) is 1. The van der Waals surface area contributed by atoms with Gasteiger partial charge in [-0.3, -0.25) is 9.59 Å². The van der Waals surface area contributed by atoms with Crippen molar-refractivity contribution in [1.29, 1.82) is 0 Å². The SMILES string of the molecule is CCC(C)C(=O)N1CCCC(C(=O)OC)C1. The van der Waals surface area contributed by atoms with Gasteiger partial charge in [0.05, 0.1) is 13.0 Å². The van der Waals surface area contributed by atoms with E-state index in [0.717, 1.165) is 25.8 Å². The molecule has 1 amide bonds. The van der Waals surface area contributed by atoms with Gasteiger partial charge in [-0.1, -0.05) is 13.8 Å². The highest BCUT2D eigenvalue weighted by Gasteiger charge is 2.30. The van der Waals surface area contributed by atoms with Crippen molar-refractivity contribution in [1.82, 2.24) is 4.90 Å². The lowest BCUT2D eigenvalue weighted by Crippen LogP contribution is -2.44. The molecule has 1 saturated heterocycles. The zero-order chi connectivity index (χ0) is 12.1. The molecule has 4 nitrogen and oxygen atoms in total. The van der Waals surface area contributed by atoms with Crippen molar-refractivity contribution in [2.45, 2.75) is 33.1 Å². The Morgan fingerprint density at radius 1 is 1.50 bits per heavy atom. The van der Waals surface area contributed by atoms with Crippen LogP contribution in [0.25, 0.3) is 0 Å². The molecule has 0 aliphatic carbocycles. The number of carbonyl (C=O) groups excluding carboxylic acids is 2. The lowest BCUT2D eigenvalue weighted by Gasteiger charge is -2.32. The van der Waals surface area contributed by atoms with Crippen LogP contribution in [0.15, 0.2) is 0 Å². The predicted molar refractivity (Wildman–Crippen MR) is 60.8 cm³/mol. The standard InChI is InChI=1S/C12H21NO3/c1-4-9(2)11(14)13-7-5-6-10(8-13)12(15)16-3/h9-10H,4-8H2,1-3H3. The van der Waals surface area contributed by atoms with E-state index in [1.165, 1.54) is 7.11 Å². The minimum Gasteiger partial charge on any atom is -0.469 e. The minimum atomic E-state index is -0.193. The van der Waals surface area contributed by atoms with Crippen LogP contribution >= 0.6 is 0 Å². The second-order valence-electron chi connectivity index (χ2n) is 4.46. The number of amides is 1. The molecule has 0 aromatic carbocycles. The first-order valence-electron chi connectivity index (χ1n) is 5.96. The van der Waals surface area contributed by atoms with Gasteiger partial charge in [-0.15, -0.1) is 0 Å². The lowest BCUT2D eigenvalue weighted by molar-refractivity contribution is -0.149. The van der Waals surface area contributed by atoms with Crippen LogP contribution in [-0.2, 0) is 14.3 Å². The average molecular weight is 227 g/mol. The second kappa shape index (κ2) is 5.87. The summed E-state index contributed by atoms with van der Waals surface area (Å²) in [7, 11) is 1.40. The summed E-state index contributed by atoms with van der Waals surface area (Å²) in [5.74, 6) is -0.110. The van der Waals surface area contributed by atoms with E-state index < -0.39 is 0 Å². The molecule has 0 bridgehead atoms. The van der Waals surface area contributed by atoms with Gasteiger partial charge in [0.1, 0.15) is 0 Å². The quantitative estimate of drug-likeness (QED) is 0.685. The minimum absolute atomic E-state index is 0.0522. The molecule has 4 heteroatoms. The maximum atomic E-state index is 12.0. The fraction of sp³-hybridized carbons (Fsp3) is 0.833. The normalized spacial score (nSPS) is 22.7. The number of carbonyl (C=O) groups is 2. The van der Waals surface area contributed by atoms with Crippen molar-refractivity contribution in [3.05, 3.63) is 0 Å². The Kier molecular flexibility index (Phi) is 4.77.